The maximum atomic E-state index is 12.3. The van der Waals surface area contributed by atoms with Gasteiger partial charge in [0, 0.05) is 43.6 Å². The van der Waals surface area contributed by atoms with Crippen LogP contribution in [0.2, 0.25) is 0 Å². The number of amides is 2. The van der Waals surface area contributed by atoms with Crippen LogP contribution in [0.15, 0.2) is 43.4 Å². The third-order valence-electron chi connectivity index (χ3n) is 6.83. The first-order chi connectivity index (χ1) is 20.6. The molecule has 1 fully saturated rings. The second kappa shape index (κ2) is 14.5. The molecule has 5 heterocycles. The van der Waals surface area contributed by atoms with Crippen LogP contribution in [0.1, 0.15) is 50.4 Å². The molecule has 1 saturated heterocycles. The molecule has 0 radical (unpaired) electrons. The van der Waals surface area contributed by atoms with E-state index in [1.54, 1.807) is 58.0 Å². The minimum absolute atomic E-state index is 0.0700. The highest BCUT2D eigenvalue weighted by Crippen LogP contribution is 2.28. The number of anilines is 1. The zero-order valence-corrected chi connectivity index (χ0v) is 25.5. The number of benzene rings is 1. The van der Waals surface area contributed by atoms with Crippen LogP contribution in [0.4, 0.5) is 10.6 Å². The molecule has 6 rings (SSSR count). The minimum Gasteiger partial charge on any atom is -0.496 e. The van der Waals surface area contributed by atoms with E-state index in [0.717, 1.165) is 53.5 Å². The van der Waals surface area contributed by atoms with Gasteiger partial charge in [0.05, 0.1) is 19.8 Å². The van der Waals surface area contributed by atoms with Gasteiger partial charge in [-0.2, -0.15) is 0 Å². The molecule has 0 spiro atoms. The molecule has 13 nitrogen and oxygen atoms in total. The molecule has 2 aliphatic heterocycles. The fourth-order valence-corrected chi connectivity index (χ4v) is 4.77. The second-order valence-electron chi connectivity index (χ2n) is 11.2. The average molecular weight is 592 g/mol. The fraction of sp³-hybridized carbons (Fsp3) is 0.467. The highest BCUT2D eigenvalue weighted by molar-refractivity contribution is 5.83. The quantitative estimate of drug-likeness (QED) is 0.322. The van der Waals surface area contributed by atoms with Gasteiger partial charge in [-0.25, -0.2) is 24.7 Å². The molecule has 3 N–H and O–H groups in total. The molecular weight excluding hydrogens is 550 g/mol. The van der Waals surface area contributed by atoms with Crippen molar-refractivity contribution in [2.45, 2.75) is 59.1 Å². The standard InChI is InChI=1S/C17H24N2O4.C9H11N5.C4H6N2/c1-17(2,3)23-16(21)18-10-15(20)19-9-8-12-6-5-7-14(22-4)13(12)11-19;1-2-4-14(3-1)9-7-8(11-5-10-7)12-6-13-9;1-4-2-5-3-6-4/h5-7H,8-11H2,1-4H3,(H,18,21);5-6H,1-4H2,(H,10,11,12,13);2-3H,1H3,(H,5,6). The Labute approximate surface area is 251 Å². The van der Waals surface area contributed by atoms with Crippen LogP contribution in [-0.4, -0.2) is 85.7 Å². The lowest BCUT2D eigenvalue weighted by atomic mass is 9.99. The van der Waals surface area contributed by atoms with Crippen molar-refractivity contribution in [2.24, 2.45) is 0 Å². The summed E-state index contributed by atoms with van der Waals surface area (Å²) in [6, 6.07) is 5.91. The lowest BCUT2D eigenvalue weighted by Gasteiger charge is -2.30. The molecule has 13 heteroatoms. The first-order valence-corrected chi connectivity index (χ1v) is 14.4. The normalized spacial score (nSPS) is 14.2. The van der Waals surface area contributed by atoms with Gasteiger partial charge in [0.25, 0.3) is 0 Å². The van der Waals surface area contributed by atoms with Crippen LogP contribution in [0.5, 0.6) is 5.75 Å². The Bertz CT molecular complexity index is 1460. The van der Waals surface area contributed by atoms with Crippen LogP contribution in [0, 0.1) is 6.92 Å². The van der Waals surface area contributed by atoms with E-state index in [2.05, 4.69) is 46.2 Å². The highest BCUT2D eigenvalue weighted by atomic mass is 16.6. The summed E-state index contributed by atoms with van der Waals surface area (Å²) in [5, 5.41) is 2.51. The fourth-order valence-electron chi connectivity index (χ4n) is 4.77. The summed E-state index contributed by atoms with van der Waals surface area (Å²) in [5.41, 5.74) is 4.47. The SMILES string of the molecule is COc1cccc2c1CN(C(=O)CNC(=O)OC(C)(C)C)CC2.Cc1cnc[nH]1.c1nc(N2CCCC2)c2[nH]cnc2n1. The predicted octanol–water partition coefficient (Wildman–Crippen LogP) is 3.78. The summed E-state index contributed by atoms with van der Waals surface area (Å²) in [4.78, 5) is 50.2. The van der Waals surface area contributed by atoms with Crippen LogP contribution in [-0.2, 0) is 22.5 Å². The van der Waals surface area contributed by atoms with E-state index in [1.807, 2.05) is 19.1 Å². The molecule has 2 aliphatic rings. The summed E-state index contributed by atoms with van der Waals surface area (Å²) >= 11 is 0. The number of nitrogens with zero attached hydrogens (tertiary/aromatic N) is 6. The van der Waals surface area contributed by atoms with Gasteiger partial charge in [0.2, 0.25) is 5.91 Å². The third kappa shape index (κ3) is 8.90. The number of carbonyl (C=O) groups is 2. The Morgan fingerprint density at radius 1 is 1.05 bits per heavy atom. The van der Waals surface area contributed by atoms with Crippen LogP contribution in [0.3, 0.4) is 0 Å². The first-order valence-electron chi connectivity index (χ1n) is 14.4. The number of rotatable bonds is 4. The van der Waals surface area contributed by atoms with E-state index in [1.165, 1.54) is 18.4 Å². The summed E-state index contributed by atoms with van der Waals surface area (Å²) in [6.07, 6.45) is 9.38. The van der Waals surface area contributed by atoms with E-state index >= 15 is 0 Å². The van der Waals surface area contributed by atoms with E-state index < -0.39 is 11.7 Å². The Morgan fingerprint density at radius 2 is 1.84 bits per heavy atom. The maximum absolute atomic E-state index is 12.3. The number of aryl methyl sites for hydroxylation is 1. The number of aromatic nitrogens is 6. The molecule has 1 aromatic carbocycles. The van der Waals surface area contributed by atoms with Crippen molar-refractivity contribution < 1.29 is 19.1 Å². The van der Waals surface area contributed by atoms with E-state index in [4.69, 9.17) is 9.47 Å². The molecule has 0 unspecified atom stereocenters. The predicted molar refractivity (Wildman–Crippen MR) is 163 cm³/mol. The summed E-state index contributed by atoms with van der Waals surface area (Å²) < 4.78 is 10.5. The molecule has 2 amide bonds. The Hall–Kier alpha value is -4.68. The summed E-state index contributed by atoms with van der Waals surface area (Å²) in [7, 11) is 1.63. The largest absolute Gasteiger partial charge is 0.496 e. The first kappa shape index (κ1) is 31.3. The van der Waals surface area contributed by atoms with E-state index in [-0.39, 0.29) is 12.5 Å². The zero-order valence-electron chi connectivity index (χ0n) is 25.5. The Morgan fingerprint density at radius 3 is 2.49 bits per heavy atom. The minimum atomic E-state index is -0.583. The zero-order chi connectivity index (χ0) is 30.8. The van der Waals surface area contributed by atoms with Gasteiger partial charge in [-0.3, -0.25) is 4.79 Å². The van der Waals surface area contributed by atoms with Crippen molar-refractivity contribution in [1.29, 1.82) is 0 Å². The average Bonchev–Trinajstić information content (AvgIpc) is 3.78. The number of ether oxygens (including phenoxy) is 2. The van der Waals surface area contributed by atoms with Crippen LogP contribution < -0.4 is 15.0 Å². The lowest BCUT2D eigenvalue weighted by molar-refractivity contribution is -0.131. The van der Waals surface area contributed by atoms with Gasteiger partial charge in [0.15, 0.2) is 11.5 Å². The molecule has 0 aliphatic carbocycles. The summed E-state index contributed by atoms with van der Waals surface area (Å²) in [5.74, 6) is 1.65. The number of hydrogen-bond donors (Lipinski definition) is 3. The highest BCUT2D eigenvalue weighted by Gasteiger charge is 2.24. The van der Waals surface area contributed by atoms with Crippen LogP contribution >= 0.6 is 0 Å². The smallest absolute Gasteiger partial charge is 0.408 e. The number of nitrogens with one attached hydrogen (secondary N) is 3. The van der Waals surface area contributed by atoms with Crippen LogP contribution in [0.25, 0.3) is 11.2 Å². The topological polar surface area (TPSA) is 154 Å². The molecular formula is C30H41N9O4. The number of fused-ring (bicyclic) bond motifs is 2. The molecule has 0 saturated carbocycles. The number of imidazole rings is 2. The second-order valence-corrected chi connectivity index (χ2v) is 11.2. The number of carbonyl (C=O) groups excluding carboxylic acids is 2. The van der Waals surface area contributed by atoms with Crippen molar-refractivity contribution >= 4 is 29.0 Å². The number of aromatic amines is 2. The summed E-state index contributed by atoms with van der Waals surface area (Å²) in [6.45, 7) is 10.5. The molecule has 4 aromatic rings. The van der Waals surface area contributed by atoms with Crippen molar-refractivity contribution in [3.63, 3.8) is 0 Å². The van der Waals surface area contributed by atoms with Crippen molar-refractivity contribution in [1.82, 2.24) is 40.1 Å². The van der Waals surface area contributed by atoms with Crippen molar-refractivity contribution in [2.75, 3.05) is 38.2 Å². The monoisotopic (exact) mass is 591 g/mol. The van der Waals surface area contributed by atoms with Gasteiger partial charge in [-0.05, 0) is 58.6 Å². The van der Waals surface area contributed by atoms with Crippen molar-refractivity contribution in [3.8, 4) is 5.75 Å². The number of H-pyrrole nitrogens is 2. The molecule has 230 valence electrons. The van der Waals surface area contributed by atoms with Gasteiger partial charge in [-0.1, -0.05) is 12.1 Å². The molecule has 0 atom stereocenters. The van der Waals surface area contributed by atoms with Gasteiger partial charge in [0.1, 0.15) is 29.7 Å². The van der Waals surface area contributed by atoms with Crippen molar-refractivity contribution in [3.05, 3.63) is 60.2 Å². The number of methoxy groups -OCH3 is 1. The molecule has 43 heavy (non-hydrogen) atoms. The van der Waals surface area contributed by atoms with Gasteiger partial charge < -0.3 is 34.6 Å². The maximum Gasteiger partial charge on any atom is 0.408 e. The van der Waals surface area contributed by atoms with E-state index in [0.29, 0.717) is 13.1 Å². The van der Waals surface area contributed by atoms with Gasteiger partial charge in [-0.15, -0.1) is 0 Å². The third-order valence-corrected chi connectivity index (χ3v) is 6.83. The lowest BCUT2D eigenvalue weighted by Crippen LogP contribution is -2.43. The Kier molecular flexibility index (Phi) is 10.5. The van der Waals surface area contributed by atoms with Gasteiger partial charge >= 0.3 is 6.09 Å². The number of alkyl carbamates (subject to hydrolysis) is 1. The number of hydrogen-bond acceptors (Lipinski definition) is 9. The molecule has 0 bridgehead atoms. The van der Waals surface area contributed by atoms with E-state index in [9.17, 15) is 9.59 Å². The Balaban J connectivity index is 0.000000176. The molecule has 3 aromatic heterocycles.